The molecule has 0 aromatic heterocycles. The Morgan fingerprint density at radius 1 is 1.18 bits per heavy atom. The summed E-state index contributed by atoms with van der Waals surface area (Å²) in [5, 5.41) is 3.18. The quantitative estimate of drug-likeness (QED) is 0.678. The highest BCUT2D eigenvalue weighted by Gasteiger charge is 1.82. The van der Waals surface area contributed by atoms with Gasteiger partial charge in [-0.25, -0.2) is 0 Å². The van der Waals surface area contributed by atoms with Crippen LogP contribution in [0, 0.1) is 0 Å². The fourth-order valence-corrected chi connectivity index (χ4v) is 0.762. The lowest BCUT2D eigenvalue weighted by molar-refractivity contribution is 1.36. The van der Waals surface area contributed by atoms with Gasteiger partial charge in [0.15, 0.2) is 0 Å². The lowest BCUT2D eigenvalue weighted by atomic mass is 10.3. The molecular weight excluding hydrogens is 134 g/mol. The van der Waals surface area contributed by atoms with Gasteiger partial charge in [0.25, 0.3) is 0 Å². The minimum absolute atomic E-state index is 1.13. The summed E-state index contributed by atoms with van der Waals surface area (Å²) in [6, 6.07) is 10.1. The number of rotatable bonds is 2. The van der Waals surface area contributed by atoms with Crippen LogP contribution >= 0.6 is 0 Å². The van der Waals surface area contributed by atoms with E-state index < -0.39 is 0 Å². The summed E-state index contributed by atoms with van der Waals surface area (Å²) < 4.78 is 0. The minimum Gasteiger partial charge on any atom is -0.362 e. The van der Waals surface area contributed by atoms with Crippen LogP contribution in [-0.2, 0) is 0 Å². The second-order valence-corrected chi connectivity index (χ2v) is 2.73. The van der Waals surface area contributed by atoms with Gasteiger partial charge in [0, 0.05) is 5.69 Å². The summed E-state index contributed by atoms with van der Waals surface area (Å²) in [5.41, 5.74) is 2.41. The van der Waals surface area contributed by atoms with Gasteiger partial charge < -0.3 is 5.32 Å². The highest BCUT2D eigenvalue weighted by atomic mass is 14.8. The summed E-state index contributed by atoms with van der Waals surface area (Å²) in [6.45, 7) is 4.13. The van der Waals surface area contributed by atoms with E-state index in [1.54, 1.807) is 0 Å². The molecule has 1 rings (SSSR count). The fraction of sp³-hybridized carbons (Fsp3) is 0.200. The van der Waals surface area contributed by atoms with E-state index in [1.807, 2.05) is 36.5 Å². The molecule has 0 unspecified atom stereocenters. The second-order valence-electron chi connectivity index (χ2n) is 2.73. The van der Waals surface area contributed by atoms with Crippen molar-refractivity contribution in [2.45, 2.75) is 13.8 Å². The third-order valence-corrected chi connectivity index (χ3v) is 1.30. The smallest absolute Gasteiger partial charge is 0.0379 e. The monoisotopic (exact) mass is 147 g/mol. The van der Waals surface area contributed by atoms with Gasteiger partial charge >= 0.3 is 0 Å². The molecule has 0 spiro atoms. The molecule has 0 amide bonds. The molecule has 0 fully saturated rings. The topological polar surface area (TPSA) is 12.0 Å². The minimum atomic E-state index is 1.13. The van der Waals surface area contributed by atoms with Gasteiger partial charge in [-0.05, 0) is 32.2 Å². The van der Waals surface area contributed by atoms with E-state index in [1.165, 1.54) is 5.57 Å². The molecule has 1 aromatic carbocycles. The van der Waals surface area contributed by atoms with Crippen LogP contribution in [0.5, 0.6) is 0 Å². The average molecular weight is 147 g/mol. The second kappa shape index (κ2) is 3.81. The largest absolute Gasteiger partial charge is 0.362 e. The summed E-state index contributed by atoms with van der Waals surface area (Å²) in [6.07, 6.45) is 2.00. The maximum absolute atomic E-state index is 3.18. The van der Waals surface area contributed by atoms with Gasteiger partial charge in [-0.3, -0.25) is 0 Å². The van der Waals surface area contributed by atoms with E-state index in [-0.39, 0.29) is 0 Å². The SMILES string of the molecule is CC(C)=CNc1ccccc1. The third-order valence-electron chi connectivity index (χ3n) is 1.30. The summed E-state index contributed by atoms with van der Waals surface area (Å²) in [7, 11) is 0. The molecule has 1 nitrogen and oxygen atoms in total. The van der Waals surface area contributed by atoms with Crippen molar-refractivity contribution in [2.75, 3.05) is 5.32 Å². The first-order valence-corrected chi connectivity index (χ1v) is 3.74. The number of hydrogen-bond donors (Lipinski definition) is 1. The van der Waals surface area contributed by atoms with E-state index in [4.69, 9.17) is 0 Å². The molecule has 1 aromatic rings. The van der Waals surface area contributed by atoms with Gasteiger partial charge in [0.1, 0.15) is 0 Å². The van der Waals surface area contributed by atoms with Gasteiger partial charge in [-0.1, -0.05) is 23.8 Å². The molecule has 0 atom stereocenters. The van der Waals surface area contributed by atoms with Crippen molar-refractivity contribution in [3.8, 4) is 0 Å². The van der Waals surface area contributed by atoms with Crippen molar-refractivity contribution >= 4 is 5.69 Å². The van der Waals surface area contributed by atoms with Gasteiger partial charge in [0.05, 0.1) is 0 Å². The molecule has 0 heterocycles. The van der Waals surface area contributed by atoms with Crippen LogP contribution in [0.25, 0.3) is 0 Å². The van der Waals surface area contributed by atoms with Crippen molar-refractivity contribution in [2.24, 2.45) is 0 Å². The Morgan fingerprint density at radius 2 is 1.82 bits per heavy atom. The van der Waals surface area contributed by atoms with E-state index in [2.05, 4.69) is 19.2 Å². The fourth-order valence-electron chi connectivity index (χ4n) is 0.762. The van der Waals surface area contributed by atoms with Crippen molar-refractivity contribution in [3.63, 3.8) is 0 Å². The molecule has 1 N–H and O–H groups in total. The number of anilines is 1. The number of nitrogens with one attached hydrogen (secondary N) is 1. The number of allylic oxidation sites excluding steroid dienone is 1. The first kappa shape index (κ1) is 7.86. The van der Waals surface area contributed by atoms with Crippen LogP contribution in [0.2, 0.25) is 0 Å². The lowest BCUT2D eigenvalue weighted by Gasteiger charge is -1.99. The Labute approximate surface area is 67.8 Å². The molecule has 0 aliphatic carbocycles. The molecule has 11 heavy (non-hydrogen) atoms. The average Bonchev–Trinajstić information content (AvgIpc) is 2.03. The zero-order valence-electron chi connectivity index (χ0n) is 6.96. The van der Waals surface area contributed by atoms with Crippen LogP contribution in [0.15, 0.2) is 42.1 Å². The number of benzene rings is 1. The molecule has 0 saturated carbocycles. The highest BCUT2D eigenvalue weighted by molar-refractivity contribution is 5.45. The molecular formula is C10H13N. The molecule has 0 aliphatic rings. The maximum Gasteiger partial charge on any atom is 0.0379 e. The van der Waals surface area contributed by atoms with E-state index in [0.717, 1.165) is 5.69 Å². The third kappa shape index (κ3) is 2.89. The predicted molar refractivity (Wildman–Crippen MR) is 49.5 cm³/mol. The number of para-hydroxylation sites is 1. The van der Waals surface area contributed by atoms with E-state index in [0.29, 0.717) is 0 Å². The van der Waals surface area contributed by atoms with Crippen molar-refractivity contribution < 1.29 is 0 Å². The summed E-state index contributed by atoms with van der Waals surface area (Å²) >= 11 is 0. The molecule has 58 valence electrons. The van der Waals surface area contributed by atoms with Crippen molar-refractivity contribution in [1.82, 2.24) is 0 Å². The highest BCUT2D eigenvalue weighted by Crippen LogP contribution is 2.05. The molecule has 0 saturated heterocycles. The first-order chi connectivity index (χ1) is 5.29. The maximum atomic E-state index is 3.18. The van der Waals surface area contributed by atoms with Crippen molar-refractivity contribution in [1.29, 1.82) is 0 Å². The van der Waals surface area contributed by atoms with Crippen LogP contribution < -0.4 is 5.32 Å². The zero-order valence-corrected chi connectivity index (χ0v) is 6.96. The standard InChI is InChI=1S/C10H13N/c1-9(2)8-11-10-6-4-3-5-7-10/h3-8,11H,1-2H3. The van der Waals surface area contributed by atoms with Gasteiger partial charge in [-0.2, -0.15) is 0 Å². The Balaban J connectivity index is 2.59. The molecule has 0 radical (unpaired) electrons. The van der Waals surface area contributed by atoms with E-state index in [9.17, 15) is 0 Å². The van der Waals surface area contributed by atoms with Crippen LogP contribution in [0.1, 0.15) is 13.8 Å². The summed E-state index contributed by atoms with van der Waals surface area (Å²) in [5.74, 6) is 0. The summed E-state index contributed by atoms with van der Waals surface area (Å²) in [4.78, 5) is 0. The van der Waals surface area contributed by atoms with Gasteiger partial charge in [-0.15, -0.1) is 0 Å². The Bertz CT molecular complexity index is 232. The zero-order chi connectivity index (χ0) is 8.10. The Morgan fingerprint density at radius 3 is 2.36 bits per heavy atom. The normalized spacial score (nSPS) is 8.91. The van der Waals surface area contributed by atoms with Crippen molar-refractivity contribution in [3.05, 3.63) is 42.1 Å². The van der Waals surface area contributed by atoms with Gasteiger partial charge in [0.2, 0.25) is 0 Å². The Hall–Kier alpha value is -1.24. The van der Waals surface area contributed by atoms with Crippen LogP contribution in [0.3, 0.4) is 0 Å². The van der Waals surface area contributed by atoms with Crippen LogP contribution in [-0.4, -0.2) is 0 Å². The number of hydrogen-bond acceptors (Lipinski definition) is 1. The van der Waals surface area contributed by atoms with E-state index >= 15 is 0 Å². The Kier molecular flexibility index (Phi) is 2.73. The van der Waals surface area contributed by atoms with Crippen LogP contribution in [0.4, 0.5) is 5.69 Å². The lowest BCUT2D eigenvalue weighted by Crippen LogP contribution is -1.86. The molecule has 1 heteroatoms. The predicted octanol–water partition coefficient (Wildman–Crippen LogP) is 3.02. The first-order valence-electron chi connectivity index (χ1n) is 3.74. The molecule has 0 aliphatic heterocycles. The molecule has 0 bridgehead atoms.